The Bertz CT molecular complexity index is 406. The summed E-state index contributed by atoms with van der Waals surface area (Å²) >= 11 is 0. The third kappa shape index (κ3) is 4.45. The molecule has 18 heavy (non-hydrogen) atoms. The van der Waals surface area contributed by atoms with Gasteiger partial charge in [-0.2, -0.15) is 0 Å². The monoisotopic (exact) mass is 250 g/mol. The fraction of sp³-hybridized carbons (Fsp3) is 0.385. The maximum atomic E-state index is 11.5. The molecule has 0 heterocycles. The molecule has 0 radical (unpaired) electrons. The first-order chi connectivity index (χ1) is 8.50. The van der Waals surface area contributed by atoms with Gasteiger partial charge in [-0.25, -0.2) is 4.79 Å². The van der Waals surface area contributed by atoms with Crippen LogP contribution in [-0.2, 0) is 4.79 Å². The van der Waals surface area contributed by atoms with Crippen LogP contribution in [-0.4, -0.2) is 23.7 Å². The van der Waals surface area contributed by atoms with Crippen molar-refractivity contribution in [2.75, 3.05) is 6.54 Å². The van der Waals surface area contributed by atoms with E-state index in [4.69, 9.17) is 5.11 Å². The first-order valence-corrected chi connectivity index (χ1v) is 5.83. The van der Waals surface area contributed by atoms with Gasteiger partial charge >= 0.3 is 12.0 Å². The minimum absolute atomic E-state index is 0.114. The average molecular weight is 250 g/mol. The van der Waals surface area contributed by atoms with E-state index < -0.39 is 11.9 Å². The van der Waals surface area contributed by atoms with Crippen LogP contribution in [0.3, 0.4) is 0 Å². The number of carbonyl (C=O) groups is 2. The number of aliphatic carboxylic acids is 1. The SMILES string of the molecule is CC(CNC(=O)NC(C)c1ccccc1)C(=O)O. The fourth-order valence-electron chi connectivity index (χ4n) is 1.41. The van der Waals surface area contributed by atoms with Gasteiger partial charge in [-0.05, 0) is 12.5 Å². The molecule has 5 nitrogen and oxygen atoms in total. The van der Waals surface area contributed by atoms with Crippen molar-refractivity contribution in [2.24, 2.45) is 5.92 Å². The molecule has 0 bridgehead atoms. The van der Waals surface area contributed by atoms with E-state index in [1.54, 1.807) is 6.92 Å². The largest absolute Gasteiger partial charge is 0.481 e. The second-order valence-electron chi connectivity index (χ2n) is 4.23. The molecule has 0 fully saturated rings. The molecule has 5 heteroatoms. The summed E-state index contributed by atoms with van der Waals surface area (Å²) in [6, 6.07) is 9.07. The van der Waals surface area contributed by atoms with Gasteiger partial charge in [-0.15, -0.1) is 0 Å². The van der Waals surface area contributed by atoms with E-state index in [1.807, 2.05) is 37.3 Å². The summed E-state index contributed by atoms with van der Waals surface area (Å²) in [5.41, 5.74) is 0.999. The van der Waals surface area contributed by atoms with Gasteiger partial charge in [0.05, 0.1) is 12.0 Å². The molecule has 0 saturated carbocycles. The molecule has 2 atom stereocenters. The number of carbonyl (C=O) groups excluding carboxylic acids is 1. The lowest BCUT2D eigenvalue weighted by Crippen LogP contribution is -2.40. The Hall–Kier alpha value is -2.04. The molecule has 0 aromatic heterocycles. The summed E-state index contributed by atoms with van der Waals surface area (Å²) in [5, 5.41) is 14.0. The van der Waals surface area contributed by atoms with E-state index in [2.05, 4.69) is 10.6 Å². The summed E-state index contributed by atoms with van der Waals surface area (Å²) in [7, 11) is 0. The average Bonchev–Trinajstić information content (AvgIpc) is 2.36. The quantitative estimate of drug-likeness (QED) is 0.745. The summed E-state index contributed by atoms with van der Waals surface area (Å²) in [5.74, 6) is -1.52. The van der Waals surface area contributed by atoms with Gasteiger partial charge in [0.1, 0.15) is 0 Å². The van der Waals surface area contributed by atoms with Gasteiger partial charge < -0.3 is 15.7 Å². The number of benzene rings is 1. The van der Waals surface area contributed by atoms with Crippen molar-refractivity contribution in [2.45, 2.75) is 19.9 Å². The molecule has 0 aliphatic carbocycles. The smallest absolute Gasteiger partial charge is 0.315 e. The Morgan fingerprint density at radius 1 is 1.22 bits per heavy atom. The van der Waals surface area contributed by atoms with E-state index in [9.17, 15) is 9.59 Å². The van der Waals surface area contributed by atoms with E-state index in [0.717, 1.165) is 5.56 Å². The second kappa shape index (κ2) is 6.64. The van der Waals surface area contributed by atoms with Crippen molar-refractivity contribution in [3.8, 4) is 0 Å². The Morgan fingerprint density at radius 3 is 2.39 bits per heavy atom. The molecule has 0 aliphatic rings. The number of rotatable bonds is 5. The first kappa shape index (κ1) is 14.0. The van der Waals surface area contributed by atoms with Crippen LogP contribution in [0.1, 0.15) is 25.5 Å². The molecule has 2 amide bonds. The highest BCUT2D eigenvalue weighted by Crippen LogP contribution is 2.10. The Kier molecular flexibility index (Phi) is 5.17. The van der Waals surface area contributed by atoms with Crippen molar-refractivity contribution in [1.82, 2.24) is 10.6 Å². The van der Waals surface area contributed by atoms with E-state index in [0.29, 0.717) is 0 Å². The summed E-state index contributed by atoms with van der Waals surface area (Å²) in [4.78, 5) is 22.1. The van der Waals surface area contributed by atoms with Gasteiger partial charge in [0.15, 0.2) is 0 Å². The maximum absolute atomic E-state index is 11.5. The maximum Gasteiger partial charge on any atom is 0.315 e. The third-order valence-electron chi connectivity index (χ3n) is 2.64. The van der Waals surface area contributed by atoms with Gasteiger partial charge in [-0.3, -0.25) is 4.79 Å². The van der Waals surface area contributed by atoms with Crippen molar-refractivity contribution < 1.29 is 14.7 Å². The molecule has 2 unspecified atom stereocenters. The molecule has 0 saturated heterocycles. The number of carboxylic acid groups (broad SMARTS) is 1. The van der Waals surface area contributed by atoms with E-state index in [1.165, 1.54) is 0 Å². The predicted molar refractivity (Wildman–Crippen MR) is 68.2 cm³/mol. The molecule has 3 N–H and O–H groups in total. The Morgan fingerprint density at radius 2 is 1.83 bits per heavy atom. The van der Waals surface area contributed by atoms with Gasteiger partial charge in [0.2, 0.25) is 0 Å². The highest BCUT2D eigenvalue weighted by molar-refractivity contribution is 5.76. The zero-order valence-electron chi connectivity index (χ0n) is 10.5. The normalized spacial score (nSPS) is 13.4. The summed E-state index contributed by atoms with van der Waals surface area (Å²) in [6.45, 7) is 3.53. The number of nitrogens with one attached hydrogen (secondary N) is 2. The number of urea groups is 1. The predicted octanol–water partition coefficient (Wildman–Crippen LogP) is 1.77. The minimum atomic E-state index is -0.925. The molecule has 98 valence electrons. The number of carboxylic acids is 1. The third-order valence-corrected chi connectivity index (χ3v) is 2.64. The number of hydrogen-bond acceptors (Lipinski definition) is 2. The van der Waals surface area contributed by atoms with Crippen molar-refractivity contribution in [3.05, 3.63) is 35.9 Å². The van der Waals surface area contributed by atoms with Crippen molar-refractivity contribution in [3.63, 3.8) is 0 Å². The summed E-state index contributed by atoms with van der Waals surface area (Å²) < 4.78 is 0. The molecule has 1 aromatic carbocycles. The number of amides is 2. The van der Waals surface area contributed by atoms with Crippen LogP contribution in [0, 0.1) is 5.92 Å². The van der Waals surface area contributed by atoms with Crippen LogP contribution < -0.4 is 10.6 Å². The van der Waals surface area contributed by atoms with Crippen LogP contribution in [0.5, 0.6) is 0 Å². The van der Waals surface area contributed by atoms with Gasteiger partial charge in [-0.1, -0.05) is 37.3 Å². The minimum Gasteiger partial charge on any atom is -0.481 e. The van der Waals surface area contributed by atoms with E-state index in [-0.39, 0.29) is 18.6 Å². The van der Waals surface area contributed by atoms with Crippen LogP contribution in [0.2, 0.25) is 0 Å². The first-order valence-electron chi connectivity index (χ1n) is 5.83. The molecule has 1 aromatic rings. The second-order valence-corrected chi connectivity index (χ2v) is 4.23. The highest BCUT2D eigenvalue weighted by Gasteiger charge is 2.13. The highest BCUT2D eigenvalue weighted by atomic mass is 16.4. The molecular formula is C13H18N2O3. The summed E-state index contributed by atoms with van der Waals surface area (Å²) in [6.07, 6.45) is 0. The lowest BCUT2D eigenvalue weighted by atomic mass is 10.1. The number of hydrogen-bond donors (Lipinski definition) is 3. The van der Waals surface area contributed by atoms with Crippen LogP contribution in [0.15, 0.2) is 30.3 Å². The Balaban J connectivity index is 2.39. The fourth-order valence-corrected chi connectivity index (χ4v) is 1.41. The Labute approximate surface area is 106 Å². The lowest BCUT2D eigenvalue weighted by Gasteiger charge is -2.15. The van der Waals surface area contributed by atoms with Gasteiger partial charge in [0.25, 0.3) is 0 Å². The van der Waals surface area contributed by atoms with Crippen molar-refractivity contribution in [1.29, 1.82) is 0 Å². The van der Waals surface area contributed by atoms with Crippen LogP contribution in [0.4, 0.5) is 4.79 Å². The van der Waals surface area contributed by atoms with Crippen LogP contribution >= 0.6 is 0 Å². The zero-order chi connectivity index (χ0) is 13.5. The molecule has 0 aliphatic heterocycles. The van der Waals surface area contributed by atoms with Gasteiger partial charge in [0, 0.05) is 6.54 Å². The van der Waals surface area contributed by atoms with Crippen LogP contribution in [0.25, 0.3) is 0 Å². The molecule has 0 spiro atoms. The standard InChI is InChI=1S/C13H18N2O3/c1-9(12(16)17)8-14-13(18)15-10(2)11-6-4-3-5-7-11/h3-7,9-10H,8H2,1-2H3,(H,16,17)(H2,14,15,18). The lowest BCUT2D eigenvalue weighted by molar-refractivity contribution is -0.140. The topological polar surface area (TPSA) is 78.4 Å². The van der Waals surface area contributed by atoms with Crippen molar-refractivity contribution >= 4 is 12.0 Å². The zero-order valence-corrected chi connectivity index (χ0v) is 10.5. The molecule has 1 rings (SSSR count). The van der Waals surface area contributed by atoms with E-state index >= 15 is 0 Å². The molecular weight excluding hydrogens is 232 g/mol.